The first-order valence-electron chi connectivity index (χ1n) is 11.3. The highest BCUT2D eigenvalue weighted by molar-refractivity contribution is 6.03. The maximum absolute atomic E-state index is 12.0. The lowest BCUT2D eigenvalue weighted by molar-refractivity contribution is -0.386. The Balaban J connectivity index is 1.63. The summed E-state index contributed by atoms with van der Waals surface area (Å²) in [6, 6.07) is 15.2. The van der Waals surface area contributed by atoms with Crippen LogP contribution in [0.1, 0.15) is 44.0 Å². The standard InChI is InChI=1S/C27H24N2O7/c1-15-6-3-10-22(25(15)29(34)35)36-13-5-9-21-20-8-4-7-19(23(20)28-24(21)27(32)33)18-12-11-17(26(30)31)14-16(18)2/h3-4,6-8,10-12,14,28H,5,9,13H2,1-2H3,(H,30,31)(H,32,33). The Morgan fingerprint density at radius 2 is 1.72 bits per heavy atom. The predicted octanol–water partition coefficient (Wildman–Crippen LogP) is 5.77. The molecule has 0 unspecified atom stereocenters. The Kier molecular flexibility index (Phi) is 6.73. The summed E-state index contributed by atoms with van der Waals surface area (Å²) in [6.45, 7) is 3.63. The van der Waals surface area contributed by atoms with E-state index in [9.17, 15) is 29.9 Å². The van der Waals surface area contributed by atoms with Crippen LogP contribution < -0.4 is 4.74 Å². The van der Waals surface area contributed by atoms with Crippen LogP contribution in [0, 0.1) is 24.0 Å². The highest BCUT2D eigenvalue weighted by Crippen LogP contribution is 2.35. The number of carbonyl (C=O) groups is 2. The molecule has 0 aliphatic carbocycles. The zero-order valence-corrected chi connectivity index (χ0v) is 19.7. The summed E-state index contributed by atoms with van der Waals surface area (Å²) in [7, 11) is 0. The van der Waals surface area contributed by atoms with Gasteiger partial charge in [-0.1, -0.05) is 36.4 Å². The maximum atomic E-state index is 12.0. The molecule has 9 nitrogen and oxygen atoms in total. The molecule has 0 amide bonds. The molecule has 0 aliphatic rings. The third-order valence-electron chi connectivity index (χ3n) is 6.13. The molecular weight excluding hydrogens is 464 g/mol. The Hall–Kier alpha value is -4.66. The highest BCUT2D eigenvalue weighted by Gasteiger charge is 2.21. The van der Waals surface area contributed by atoms with Crippen LogP contribution >= 0.6 is 0 Å². The van der Waals surface area contributed by atoms with Crippen molar-refractivity contribution in [2.45, 2.75) is 26.7 Å². The Labute approximate surface area is 206 Å². The molecule has 0 saturated heterocycles. The van der Waals surface area contributed by atoms with Gasteiger partial charge in [0.2, 0.25) is 0 Å². The Morgan fingerprint density at radius 1 is 0.972 bits per heavy atom. The number of nitrogens with zero attached hydrogens (tertiary/aromatic N) is 1. The molecule has 1 heterocycles. The van der Waals surface area contributed by atoms with Gasteiger partial charge in [-0.25, -0.2) is 9.59 Å². The molecule has 4 rings (SSSR count). The zero-order valence-electron chi connectivity index (χ0n) is 19.7. The van der Waals surface area contributed by atoms with Crippen molar-refractivity contribution in [2.24, 2.45) is 0 Å². The quantitative estimate of drug-likeness (QED) is 0.154. The number of aromatic carboxylic acids is 2. The first-order chi connectivity index (χ1) is 17.2. The van der Waals surface area contributed by atoms with Crippen molar-refractivity contribution in [1.29, 1.82) is 0 Å². The summed E-state index contributed by atoms with van der Waals surface area (Å²) in [4.78, 5) is 37.3. The fourth-order valence-corrected chi connectivity index (χ4v) is 4.45. The monoisotopic (exact) mass is 488 g/mol. The number of carboxylic acid groups (broad SMARTS) is 2. The fourth-order valence-electron chi connectivity index (χ4n) is 4.45. The van der Waals surface area contributed by atoms with Crippen molar-refractivity contribution in [1.82, 2.24) is 4.98 Å². The number of para-hydroxylation sites is 2. The van der Waals surface area contributed by atoms with Gasteiger partial charge in [-0.3, -0.25) is 10.1 Å². The molecule has 0 spiro atoms. The second-order valence-electron chi connectivity index (χ2n) is 8.48. The lowest BCUT2D eigenvalue weighted by Crippen LogP contribution is -2.05. The number of rotatable bonds is 9. The van der Waals surface area contributed by atoms with E-state index >= 15 is 0 Å². The summed E-state index contributed by atoms with van der Waals surface area (Å²) < 4.78 is 5.68. The minimum absolute atomic E-state index is 0.0683. The van der Waals surface area contributed by atoms with Gasteiger partial charge in [0, 0.05) is 16.5 Å². The fraction of sp³-hybridized carbons (Fsp3) is 0.185. The van der Waals surface area contributed by atoms with Crippen molar-refractivity contribution in [3.63, 3.8) is 0 Å². The van der Waals surface area contributed by atoms with Crippen LogP contribution in [0.5, 0.6) is 5.75 Å². The van der Waals surface area contributed by atoms with E-state index in [4.69, 9.17) is 4.74 Å². The number of aromatic nitrogens is 1. The largest absolute Gasteiger partial charge is 0.487 e. The van der Waals surface area contributed by atoms with E-state index in [1.807, 2.05) is 25.1 Å². The van der Waals surface area contributed by atoms with E-state index in [1.54, 1.807) is 37.3 Å². The molecule has 0 radical (unpaired) electrons. The van der Waals surface area contributed by atoms with Crippen molar-refractivity contribution in [3.8, 4) is 16.9 Å². The number of aromatic amines is 1. The van der Waals surface area contributed by atoms with Crippen LogP contribution in [-0.2, 0) is 6.42 Å². The Bertz CT molecular complexity index is 1500. The molecule has 184 valence electrons. The number of hydrogen-bond acceptors (Lipinski definition) is 5. The van der Waals surface area contributed by atoms with Gasteiger partial charge in [0.15, 0.2) is 5.75 Å². The summed E-state index contributed by atoms with van der Waals surface area (Å²) in [6.07, 6.45) is 0.816. The van der Waals surface area contributed by atoms with E-state index in [1.165, 1.54) is 6.07 Å². The summed E-state index contributed by atoms with van der Waals surface area (Å²) in [5.41, 5.74) is 4.24. The maximum Gasteiger partial charge on any atom is 0.352 e. The second kappa shape index (κ2) is 9.91. The second-order valence-corrected chi connectivity index (χ2v) is 8.48. The summed E-state index contributed by atoms with van der Waals surface area (Å²) in [5.74, 6) is -1.93. The predicted molar refractivity (Wildman–Crippen MR) is 134 cm³/mol. The van der Waals surface area contributed by atoms with Gasteiger partial charge in [-0.05, 0) is 61.6 Å². The molecule has 0 fully saturated rings. The average molecular weight is 488 g/mol. The lowest BCUT2D eigenvalue weighted by atomic mass is 9.95. The van der Waals surface area contributed by atoms with Gasteiger partial charge in [-0.15, -0.1) is 0 Å². The van der Waals surface area contributed by atoms with Crippen LogP contribution in [-0.4, -0.2) is 38.7 Å². The summed E-state index contributed by atoms with van der Waals surface area (Å²) in [5, 5.41) is 31.2. The minimum Gasteiger partial charge on any atom is -0.487 e. The zero-order chi connectivity index (χ0) is 26.0. The van der Waals surface area contributed by atoms with Crippen LogP contribution in [0.2, 0.25) is 0 Å². The number of aryl methyl sites for hydroxylation is 3. The molecule has 36 heavy (non-hydrogen) atoms. The molecule has 9 heteroatoms. The number of ether oxygens (including phenoxy) is 1. The van der Waals surface area contributed by atoms with Gasteiger partial charge >= 0.3 is 17.6 Å². The van der Waals surface area contributed by atoms with Crippen LogP contribution in [0.3, 0.4) is 0 Å². The molecule has 3 N–H and O–H groups in total. The van der Waals surface area contributed by atoms with E-state index < -0.39 is 16.9 Å². The van der Waals surface area contributed by atoms with Gasteiger partial charge in [0.05, 0.1) is 22.6 Å². The average Bonchev–Trinajstić information content (AvgIpc) is 3.20. The normalized spacial score (nSPS) is 10.9. The highest BCUT2D eigenvalue weighted by atomic mass is 16.6. The van der Waals surface area contributed by atoms with Crippen LogP contribution in [0.25, 0.3) is 22.0 Å². The Morgan fingerprint density at radius 3 is 2.39 bits per heavy atom. The van der Waals surface area contributed by atoms with Crippen LogP contribution in [0.4, 0.5) is 5.69 Å². The molecule has 0 bridgehead atoms. The third kappa shape index (κ3) is 4.63. The molecule has 0 aliphatic heterocycles. The van der Waals surface area contributed by atoms with Crippen molar-refractivity contribution in [3.05, 3.63) is 92.7 Å². The number of nitro benzene ring substituents is 1. The van der Waals surface area contributed by atoms with Crippen molar-refractivity contribution < 1.29 is 29.5 Å². The first-order valence-corrected chi connectivity index (χ1v) is 11.3. The number of nitrogens with one attached hydrogen (secondary N) is 1. The number of fused-ring (bicyclic) bond motifs is 1. The van der Waals surface area contributed by atoms with E-state index in [0.717, 1.165) is 22.1 Å². The first kappa shape index (κ1) is 24.5. The number of nitro groups is 1. The molecule has 3 aromatic carbocycles. The van der Waals surface area contributed by atoms with Crippen LogP contribution in [0.15, 0.2) is 54.6 Å². The van der Waals surface area contributed by atoms with Crippen molar-refractivity contribution >= 4 is 28.5 Å². The minimum atomic E-state index is -1.10. The molecule has 0 atom stereocenters. The van der Waals surface area contributed by atoms with Crippen molar-refractivity contribution in [2.75, 3.05) is 6.61 Å². The van der Waals surface area contributed by atoms with Gasteiger partial charge < -0.3 is 19.9 Å². The molecule has 1 aromatic heterocycles. The van der Waals surface area contributed by atoms with Gasteiger partial charge in [0.25, 0.3) is 0 Å². The van der Waals surface area contributed by atoms with E-state index in [0.29, 0.717) is 29.5 Å². The number of H-pyrrole nitrogens is 1. The van der Waals surface area contributed by atoms with Gasteiger partial charge in [0.1, 0.15) is 5.69 Å². The number of carboxylic acids is 2. The van der Waals surface area contributed by atoms with Gasteiger partial charge in [-0.2, -0.15) is 0 Å². The molecule has 0 saturated carbocycles. The van der Waals surface area contributed by atoms with E-state index in [-0.39, 0.29) is 29.3 Å². The topological polar surface area (TPSA) is 143 Å². The molecule has 4 aromatic rings. The molecular formula is C27H24N2O7. The SMILES string of the molecule is Cc1cc(C(=O)O)ccc1-c1cccc2c(CCCOc3cccc(C)c3[N+](=O)[O-])c(C(=O)O)[nH]c12. The number of benzene rings is 3. The third-order valence-corrected chi connectivity index (χ3v) is 6.13. The smallest absolute Gasteiger partial charge is 0.352 e. The van der Waals surface area contributed by atoms with E-state index in [2.05, 4.69) is 4.98 Å². The lowest BCUT2D eigenvalue weighted by Gasteiger charge is -2.09. The number of hydrogen-bond donors (Lipinski definition) is 3. The summed E-state index contributed by atoms with van der Waals surface area (Å²) >= 11 is 0.